The number of ether oxygens (including phenoxy) is 1. The molecule has 0 radical (unpaired) electrons. The lowest BCUT2D eigenvalue weighted by Crippen LogP contribution is -2.36. The molecule has 33 heavy (non-hydrogen) atoms. The first-order valence-electron chi connectivity index (χ1n) is 10.8. The van der Waals surface area contributed by atoms with Crippen molar-refractivity contribution in [2.75, 3.05) is 42.3 Å². The Hall–Kier alpha value is -3.75. The second-order valence-corrected chi connectivity index (χ2v) is 8.83. The average Bonchev–Trinajstić information content (AvgIpc) is 3.29. The molecular weight excluding hydrogens is 432 g/mol. The van der Waals surface area contributed by atoms with Gasteiger partial charge in [0, 0.05) is 52.6 Å². The molecule has 1 aliphatic rings. The topological polar surface area (TPSA) is 89.2 Å². The number of nitrogens with two attached hydrogens (primary N) is 1. The van der Waals surface area contributed by atoms with Gasteiger partial charge < -0.3 is 20.7 Å². The molecular formula is C25H22N6OS. The number of para-hydroxylation sites is 1. The number of nitrogens with one attached hydrogen (secondary N) is 1. The van der Waals surface area contributed by atoms with E-state index in [2.05, 4.69) is 49.8 Å². The molecule has 3 aromatic heterocycles. The SMILES string of the molecule is Nc1nc(Nc2ccc(N3CCOCC3)cc2)nc2c(-c3cnc4ccccc4c3)csc12. The molecule has 0 unspecified atom stereocenters. The van der Waals surface area contributed by atoms with Crippen LogP contribution in [0, 0.1) is 0 Å². The number of morpholine rings is 1. The summed E-state index contributed by atoms with van der Waals surface area (Å²) in [6.45, 7) is 3.35. The van der Waals surface area contributed by atoms with Crippen LogP contribution < -0.4 is 16.0 Å². The first-order chi connectivity index (χ1) is 16.2. The highest BCUT2D eigenvalue weighted by Crippen LogP contribution is 2.36. The van der Waals surface area contributed by atoms with Crippen LogP contribution in [0.25, 0.3) is 32.2 Å². The van der Waals surface area contributed by atoms with Crippen LogP contribution in [0.1, 0.15) is 0 Å². The molecule has 164 valence electrons. The van der Waals surface area contributed by atoms with Crippen molar-refractivity contribution < 1.29 is 4.74 Å². The number of anilines is 4. The predicted octanol–water partition coefficient (Wildman–Crippen LogP) is 5.07. The van der Waals surface area contributed by atoms with Gasteiger partial charge in [0.25, 0.3) is 0 Å². The van der Waals surface area contributed by atoms with Crippen LogP contribution in [0.4, 0.5) is 23.1 Å². The van der Waals surface area contributed by atoms with Crippen molar-refractivity contribution in [3.05, 3.63) is 66.2 Å². The van der Waals surface area contributed by atoms with Gasteiger partial charge in [-0.3, -0.25) is 4.98 Å². The van der Waals surface area contributed by atoms with E-state index in [-0.39, 0.29) is 0 Å². The summed E-state index contributed by atoms with van der Waals surface area (Å²) in [4.78, 5) is 16.2. The molecule has 0 atom stereocenters. The van der Waals surface area contributed by atoms with Crippen molar-refractivity contribution in [2.45, 2.75) is 0 Å². The van der Waals surface area contributed by atoms with Crippen LogP contribution in [0.3, 0.4) is 0 Å². The van der Waals surface area contributed by atoms with Gasteiger partial charge >= 0.3 is 0 Å². The van der Waals surface area contributed by atoms with Crippen molar-refractivity contribution in [3.63, 3.8) is 0 Å². The van der Waals surface area contributed by atoms with E-state index in [4.69, 9.17) is 15.5 Å². The quantitative estimate of drug-likeness (QED) is 0.392. The summed E-state index contributed by atoms with van der Waals surface area (Å²) < 4.78 is 6.32. The van der Waals surface area contributed by atoms with Gasteiger partial charge in [0.05, 0.1) is 28.9 Å². The summed E-state index contributed by atoms with van der Waals surface area (Å²) >= 11 is 1.55. The molecule has 0 bridgehead atoms. The van der Waals surface area contributed by atoms with Gasteiger partial charge in [-0.2, -0.15) is 4.98 Å². The van der Waals surface area contributed by atoms with E-state index in [0.717, 1.165) is 64.2 Å². The fourth-order valence-electron chi connectivity index (χ4n) is 4.13. The number of fused-ring (bicyclic) bond motifs is 2. The number of pyridine rings is 1. The number of aromatic nitrogens is 3. The zero-order chi connectivity index (χ0) is 22.2. The maximum Gasteiger partial charge on any atom is 0.229 e. The average molecular weight is 455 g/mol. The van der Waals surface area contributed by atoms with E-state index in [1.54, 1.807) is 11.3 Å². The summed E-state index contributed by atoms with van der Waals surface area (Å²) in [5.74, 6) is 0.949. The van der Waals surface area contributed by atoms with Crippen molar-refractivity contribution in [1.29, 1.82) is 0 Å². The lowest BCUT2D eigenvalue weighted by Gasteiger charge is -2.28. The van der Waals surface area contributed by atoms with Crippen molar-refractivity contribution in [3.8, 4) is 11.1 Å². The molecule has 0 spiro atoms. The zero-order valence-electron chi connectivity index (χ0n) is 17.9. The van der Waals surface area contributed by atoms with E-state index in [1.807, 2.05) is 36.5 Å². The van der Waals surface area contributed by atoms with Crippen LogP contribution in [0.5, 0.6) is 0 Å². The zero-order valence-corrected chi connectivity index (χ0v) is 18.7. The lowest BCUT2D eigenvalue weighted by atomic mass is 10.1. The van der Waals surface area contributed by atoms with E-state index in [0.29, 0.717) is 11.8 Å². The molecule has 1 fully saturated rings. The highest BCUT2D eigenvalue weighted by Gasteiger charge is 2.15. The second kappa shape index (κ2) is 8.31. The Balaban J connectivity index is 1.32. The largest absolute Gasteiger partial charge is 0.382 e. The number of hydrogen-bond donors (Lipinski definition) is 2. The maximum atomic E-state index is 6.30. The van der Waals surface area contributed by atoms with Crippen molar-refractivity contribution in [1.82, 2.24) is 15.0 Å². The van der Waals surface area contributed by atoms with Gasteiger partial charge in [-0.05, 0) is 36.4 Å². The Bertz CT molecular complexity index is 1440. The molecule has 5 aromatic rings. The third-order valence-corrected chi connectivity index (χ3v) is 6.83. The first kappa shape index (κ1) is 19.9. The van der Waals surface area contributed by atoms with E-state index < -0.39 is 0 Å². The minimum absolute atomic E-state index is 0.470. The molecule has 7 nitrogen and oxygen atoms in total. The Morgan fingerprint density at radius 3 is 2.67 bits per heavy atom. The number of rotatable bonds is 4. The molecule has 1 aliphatic heterocycles. The minimum atomic E-state index is 0.470. The van der Waals surface area contributed by atoms with E-state index in [1.165, 1.54) is 5.69 Å². The summed E-state index contributed by atoms with van der Waals surface area (Å²) in [5.41, 5.74) is 12.2. The van der Waals surface area contributed by atoms with Gasteiger partial charge in [0.15, 0.2) is 0 Å². The second-order valence-electron chi connectivity index (χ2n) is 7.95. The molecule has 2 aromatic carbocycles. The number of thiophene rings is 1. The Labute approximate surface area is 194 Å². The van der Waals surface area contributed by atoms with Crippen LogP contribution in [-0.2, 0) is 4.74 Å². The highest BCUT2D eigenvalue weighted by molar-refractivity contribution is 7.18. The molecule has 0 amide bonds. The summed E-state index contributed by atoms with van der Waals surface area (Å²) in [6, 6.07) is 18.5. The van der Waals surface area contributed by atoms with Crippen LogP contribution >= 0.6 is 11.3 Å². The predicted molar refractivity (Wildman–Crippen MR) is 135 cm³/mol. The van der Waals surface area contributed by atoms with Gasteiger partial charge in [-0.1, -0.05) is 18.2 Å². The molecule has 4 heterocycles. The van der Waals surface area contributed by atoms with E-state index >= 15 is 0 Å². The van der Waals surface area contributed by atoms with Gasteiger partial charge in [-0.25, -0.2) is 4.98 Å². The Morgan fingerprint density at radius 1 is 1.00 bits per heavy atom. The smallest absolute Gasteiger partial charge is 0.229 e. The number of nitrogens with zero attached hydrogens (tertiary/aromatic N) is 4. The third-order valence-electron chi connectivity index (χ3n) is 5.84. The van der Waals surface area contributed by atoms with Gasteiger partial charge in [0.2, 0.25) is 5.95 Å². The molecule has 0 aliphatic carbocycles. The fourth-order valence-corrected chi connectivity index (χ4v) is 5.04. The summed E-state index contributed by atoms with van der Waals surface area (Å²) in [6.07, 6.45) is 1.89. The fraction of sp³-hybridized carbons (Fsp3) is 0.160. The van der Waals surface area contributed by atoms with Gasteiger partial charge in [-0.15, -0.1) is 11.3 Å². The monoisotopic (exact) mass is 454 g/mol. The molecule has 8 heteroatoms. The third kappa shape index (κ3) is 3.83. The van der Waals surface area contributed by atoms with Gasteiger partial charge in [0.1, 0.15) is 5.82 Å². The number of hydrogen-bond acceptors (Lipinski definition) is 8. The summed E-state index contributed by atoms with van der Waals surface area (Å²) in [7, 11) is 0. The normalized spacial score (nSPS) is 14.1. The summed E-state index contributed by atoms with van der Waals surface area (Å²) in [5, 5.41) is 6.47. The highest BCUT2D eigenvalue weighted by atomic mass is 32.1. The van der Waals surface area contributed by atoms with Crippen molar-refractivity contribution >= 4 is 55.6 Å². The van der Waals surface area contributed by atoms with Crippen molar-refractivity contribution in [2.24, 2.45) is 0 Å². The van der Waals surface area contributed by atoms with E-state index in [9.17, 15) is 0 Å². The Morgan fingerprint density at radius 2 is 1.82 bits per heavy atom. The molecule has 3 N–H and O–H groups in total. The lowest BCUT2D eigenvalue weighted by molar-refractivity contribution is 0.122. The van der Waals surface area contributed by atoms with Crippen LogP contribution in [0.15, 0.2) is 66.2 Å². The Kier molecular flexibility index (Phi) is 5.01. The molecule has 1 saturated heterocycles. The first-order valence-corrected chi connectivity index (χ1v) is 11.7. The molecule has 0 saturated carbocycles. The molecule has 6 rings (SSSR count). The minimum Gasteiger partial charge on any atom is -0.382 e. The number of nitrogen functional groups attached to an aromatic ring is 1. The van der Waals surface area contributed by atoms with Crippen LogP contribution in [0.2, 0.25) is 0 Å². The standard InChI is InChI=1S/C25H22N6OS/c26-24-23-22(20(15-33-23)17-13-16-3-1-2-4-21(16)27-14-17)29-25(30-24)28-18-5-7-19(8-6-18)31-9-11-32-12-10-31/h1-8,13-15H,9-12H2,(H3,26,28,29,30). The maximum absolute atomic E-state index is 6.30. The number of benzene rings is 2. The van der Waals surface area contributed by atoms with Crippen LogP contribution in [-0.4, -0.2) is 41.3 Å².